The Labute approximate surface area is 303 Å². The van der Waals surface area contributed by atoms with Gasteiger partial charge in [0.1, 0.15) is 12.3 Å². The van der Waals surface area contributed by atoms with E-state index in [9.17, 15) is 29.9 Å². The van der Waals surface area contributed by atoms with E-state index in [1.54, 1.807) is 0 Å². The number of hydrogen-bond acceptors (Lipinski definition) is 5. The molecule has 48 heavy (non-hydrogen) atoms. The molecule has 6 nitrogen and oxygen atoms in total. The van der Waals surface area contributed by atoms with E-state index in [4.69, 9.17) is 17.8 Å². The average Bonchev–Trinajstić information content (AvgIpc) is 3.27. The Balaban J connectivity index is 1.67. The van der Waals surface area contributed by atoms with Gasteiger partial charge >= 0.3 is 6.18 Å². The van der Waals surface area contributed by atoms with Gasteiger partial charge in [0.2, 0.25) is 5.91 Å². The van der Waals surface area contributed by atoms with E-state index in [2.05, 4.69) is 4.98 Å². The molecule has 0 N–H and O–H groups in total. The third-order valence-electron chi connectivity index (χ3n) is 7.17. The molecule has 11 heteroatoms. The second-order valence-corrected chi connectivity index (χ2v) is 11.4. The molecule has 5 rings (SSSR count). The predicted octanol–water partition coefficient (Wildman–Crippen LogP) is 7.47. The summed E-state index contributed by atoms with van der Waals surface area (Å²) in [7, 11) is 0. The van der Waals surface area contributed by atoms with Gasteiger partial charge in [-0.3, -0.25) is 9.59 Å². The first kappa shape index (κ1) is 20.5. The molecule has 3 aromatic carbocycles. The first-order valence-corrected chi connectivity index (χ1v) is 15.5. The smallest absolute Gasteiger partial charge is 0.336 e. The maximum absolute atomic E-state index is 14.9. The molecule has 4 aromatic rings. The van der Waals surface area contributed by atoms with Crippen LogP contribution in [0.3, 0.4) is 0 Å². The van der Waals surface area contributed by atoms with Gasteiger partial charge in [-0.15, -0.1) is 0 Å². The lowest BCUT2D eigenvalue weighted by molar-refractivity contribution is -0.137. The van der Waals surface area contributed by atoms with Gasteiger partial charge in [-0.1, -0.05) is 81.0 Å². The van der Waals surface area contributed by atoms with Crippen LogP contribution < -0.4 is 5.56 Å². The van der Waals surface area contributed by atoms with Crippen LogP contribution in [0, 0.1) is 11.7 Å². The number of hydrogen-bond donors (Lipinski definition) is 0. The summed E-state index contributed by atoms with van der Waals surface area (Å²) < 4.78 is 182. The van der Waals surface area contributed by atoms with Crippen molar-refractivity contribution in [3.63, 3.8) is 0 Å². The molecule has 1 aliphatic carbocycles. The lowest BCUT2D eigenvalue weighted by Crippen LogP contribution is -2.40. The summed E-state index contributed by atoms with van der Waals surface area (Å²) >= 11 is 0.311. The Morgan fingerprint density at radius 2 is 1.65 bits per heavy atom. The van der Waals surface area contributed by atoms with Crippen molar-refractivity contribution < 1.29 is 42.9 Å². The molecule has 1 heterocycles. The van der Waals surface area contributed by atoms with Crippen LogP contribution >= 0.6 is 11.8 Å². The van der Waals surface area contributed by atoms with Crippen LogP contribution in [0.1, 0.15) is 69.3 Å². The fourth-order valence-corrected chi connectivity index (χ4v) is 5.54. The molecule has 0 aliphatic heterocycles. The van der Waals surface area contributed by atoms with Crippen LogP contribution in [0.2, 0.25) is 0 Å². The Bertz CT molecular complexity index is 2430. The van der Waals surface area contributed by atoms with Crippen molar-refractivity contribution >= 4 is 17.7 Å². The summed E-state index contributed by atoms with van der Waals surface area (Å²) in [5, 5.41) is -0.840. The van der Waals surface area contributed by atoms with Crippen molar-refractivity contribution in [3.05, 3.63) is 117 Å². The van der Waals surface area contributed by atoms with Crippen molar-refractivity contribution in [2.75, 3.05) is 26.1 Å². The zero-order chi connectivity index (χ0) is 47.8. The number of benzene rings is 3. The van der Waals surface area contributed by atoms with E-state index >= 15 is 0 Å². The number of fused-ring (bicyclic) bond motifs is 1. The third-order valence-corrected chi connectivity index (χ3v) is 8.14. The highest BCUT2D eigenvalue weighted by Gasteiger charge is 2.30. The number of amides is 1. The lowest BCUT2D eigenvalue weighted by atomic mass is 10.0. The maximum atomic E-state index is 14.9. The molecule has 0 spiro atoms. The van der Waals surface area contributed by atoms with E-state index in [0.717, 1.165) is 42.7 Å². The second kappa shape index (κ2) is 15.5. The van der Waals surface area contributed by atoms with Crippen molar-refractivity contribution in [1.29, 1.82) is 0 Å². The Morgan fingerprint density at radius 3 is 2.25 bits per heavy atom. The molecule has 1 aliphatic rings. The van der Waals surface area contributed by atoms with Crippen LogP contribution in [0.5, 0.6) is 0 Å². The first-order chi connectivity index (χ1) is 28.6. The fourth-order valence-electron chi connectivity index (χ4n) is 4.71. The molecule has 0 fully saturated rings. The summed E-state index contributed by atoms with van der Waals surface area (Å²) in [6.07, 6.45) is -11.0. The highest BCUT2D eigenvalue weighted by Crippen LogP contribution is 2.32. The van der Waals surface area contributed by atoms with E-state index in [1.807, 2.05) is 0 Å². The standard InChI is InChI=1S/C37H40F4N4O2S/c1-4-43(5-2)18-19-44(22-26-6-10-28(11-7-26)29-12-14-30(15-13-29)37(39,40)41)34(46)23-45-33-21-25(3)20-32(33)35(47)42-36(45)48-24-27-8-16-31(38)17-9-27/h6-17,25H,4-5,18-24H2,1-3H3/i4D2,5D2,8D,9D,16D,17D,20D2,21D2,23D2,25D. The van der Waals surface area contributed by atoms with Gasteiger partial charge in [0, 0.05) is 49.0 Å². The van der Waals surface area contributed by atoms with E-state index < -0.39 is 139 Å². The van der Waals surface area contributed by atoms with Gasteiger partial charge in [0.05, 0.1) is 13.8 Å². The topological polar surface area (TPSA) is 58.4 Å². The zero-order valence-electron chi connectivity index (χ0n) is 41.0. The van der Waals surface area contributed by atoms with Crippen LogP contribution in [0.15, 0.2) is 82.7 Å². The molecular formula is C37H40F4N4O2S. The number of aromatic nitrogens is 2. The van der Waals surface area contributed by atoms with E-state index in [1.165, 1.54) is 36.4 Å². The molecule has 1 aromatic heterocycles. The largest absolute Gasteiger partial charge is 0.416 e. The van der Waals surface area contributed by atoms with Crippen molar-refractivity contribution in [1.82, 2.24) is 19.4 Å². The fraction of sp³-hybridized carbons (Fsp3) is 0.378. The van der Waals surface area contributed by atoms with Gasteiger partial charge in [-0.05, 0) is 78.1 Å². The van der Waals surface area contributed by atoms with Crippen LogP contribution in [0.4, 0.5) is 17.6 Å². The number of halogens is 4. The quantitative estimate of drug-likeness (QED) is 0.0826. The molecule has 1 unspecified atom stereocenters. The first-order valence-electron chi connectivity index (χ1n) is 22.0. The van der Waals surface area contributed by atoms with E-state index in [0.29, 0.717) is 22.9 Å². The summed E-state index contributed by atoms with van der Waals surface area (Å²) in [6, 6.07) is 6.34. The minimum Gasteiger partial charge on any atom is -0.336 e. The minimum atomic E-state index is -4.58. The average molecular weight is 696 g/mol. The number of alkyl halides is 3. The highest BCUT2D eigenvalue weighted by atomic mass is 32.2. The predicted molar refractivity (Wildman–Crippen MR) is 181 cm³/mol. The minimum absolute atomic E-state index is 0.267. The van der Waals surface area contributed by atoms with Crippen molar-refractivity contribution in [2.24, 2.45) is 5.89 Å². The maximum Gasteiger partial charge on any atom is 0.416 e. The number of rotatable bonds is 13. The molecule has 1 amide bonds. The van der Waals surface area contributed by atoms with Crippen LogP contribution in [-0.4, -0.2) is 51.3 Å². The van der Waals surface area contributed by atoms with Gasteiger partial charge in [-0.25, -0.2) is 4.39 Å². The summed E-state index contributed by atoms with van der Waals surface area (Å²) in [5.41, 5.74) is -3.88. The SMILES string of the molecule is [2H]c1c([2H])c(CSc2nc(=O)c3c(n2C([2H])([2H])C(=O)N(CCN(C([2H])([2H])C)C([2H])([2H])C)Cc2ccc(-c4ccc(C(F)(F)F)cc4)cc2)C([2H])([2H])C([2H])(C)C3([2H])[2H])c([2H])c([2H])c1F. The molecular weight excluding hydrogens is 640 g/mol. The summed E-state index contributed by atoms with van der Waals surface area (Å²) in [4.78, 5) is 33.9. The Kier molecular flexibility index (Phi) is 6.63. The molecule has 254 valence electrons. The molecule has 1 atom stereocenters. The number of carbonyl (C=O) groups excluding carboxylic acids is 1. The third kappa shape index (κ3) is 8.73. The normalized spacial score (nSPS) is 23.5. The van der Waals surface area contributed by atoms with Crippen LogP contribution in [0.25, 0.3) is 11.1 Å². The van der Waals surface area contributed by atoms with Crippen molar-refractivity contribution in [3.8, 4) is 11.1 Å². The van der Waals surface area contributed by atoms with Gasteiger partial charge in [0.25, 0.3) is 5.56 Å². The summed E-state index contributed by atoms with van der Waals surface area (Å²) in [6.45, 7) is -7.12. The van der Waals surface area contributed by atoms with Gasteiger partial charge in [0.15, 0.2) is 5.16 Å². The van der Waals surface area contributed by atoms with E-state index in [-0.39, 0.29) is 10.1 Å². The molecule has 0 bridgehead atoms. The number of nitrogens with zero attached hydrogens (tertiary/aromatic N) is 4. The Hall–Kier alpha value is -3.96. The number of carbonyl (C=O) groups is 1. The van der Waals surface area contributed by atoms with Gasteiger partial charge in [-0.2, -0.15) is 18.2 Å². The second-order valence-electron chi connectivity index (χ2n) is 10.4. The summed E-state index contributed by atoms with van der Waals surface area (Å²) in [5.74, 6) is -6.58. The molecule has 0 saturated heterocycles. The van der Waals surface area contributed by atoms with Gasteiger partial charge < -0.3 is 14.4 Å². The molecule has 0 saturated carbocycles. The Morgan fingerprint density at radius 1 is 1.02 bits per heavy atom. The monoisotopic (exact) mass is 695 g/mol. The van der Waals surface area contributed by atoms with Crippen LogP contribution in [-0.2, 0) is 42.5 Å². The number of thioether (sulfide) groups is 1. The molecule has 0 radical (unpaired) electrons. The highest BCUT2D eigenvalue weighted by molar-refractivity contribution is 7.98. The lowest BCUT2D eigenvalue weighted by Gasteiger charge is -2.28. The zero-order valence-corrected chi connectivity index (χ0v) is 26.8. The van der Waals surface area contributed by atoms with Crippen molar-refractivity contribution in [2.45, 2.75) is 63.6 Å². The number of likely N-dealkylation sites (N-methyl/N-ethyl adjacent to an activating group) is 1.